The van der Waals surface area contributed by atoms with Gasteiger partial charge in [0, 0.05) is 32.1 Å². The van der Waals surface area contributed by atoms with Gasteiger partial charge in [-0.15, -0.1) is 0 Å². The molecule has 1 aromatic heterocycles. The summed E-state index contributed by atoms with van der Waals surface area (Å²) in [4.78, 5) is 4.09. The Morgan fingerprint density at radius 1 is 1.35 bits per heavy atom. The normalized spacial score (nSPS) is 10.0. The summed E-state index contributed by atoms with van der Waals surface area (Å²) in [6, 6.07) is 10.0. The molecule has 0 aliphatic carbocycles. The van der Waals surface area contributed by atoms with E-state index in [1.807, 2.05) is 30.5 Å². The number of aromatic nitrogens is 1. The SMILES string of the molecule is COc1ccc(C)c(NCc2cccnc2)c1.[HH]. The van der Waals surface area contributed by atoms with Crippen molar-refractivity contribution in [2.45, 2.75) is 13.5 Å². The van der Waals surface area contributed by atoms with Crippen LogP contribution in [0.15, 0.2) is 42.7 Å². The van der Waals surface area contributed by atoms with Gasteiger partial charge in [-0.1, -0.05) is 12.1 Å². The van der Waals surface area contributed by atoms with Gasteiger partial charge in [0.25, 0.3) is 0 Å². The van der Waals surface area contributed by atoms with Crippen LogP contribution in [0.2, 0.25) is 0 Å². The first kappa shape index (κ1) is 11.5. The first-order valence-electron chi connectivity index (χ1n) is 5.57. The molecule has 0 amide bonds. The minimum atomic E-state index is 0. The molecule has 17 heavy (non-hydrogen) atoms. The van der Waals surface area contributed by atoms with Gasteiger partial charge in [0.1, 0.15) is 5.75 Å². The lowest BCUT2D eigenvalue weighted by molar-refractivity contribution is 0.415. The van der Waals surface area contributed by atoms with Crippen LogP contribution in [-0.2, 0) is 6.54 Å². The Morgan fingerprint density at radius 3 is 2.94 bits per heavy atom. The maximum Gasteiger partial charge on any atom is 0.120 e. The maximum atomic E-state index is 5.21. The Morgan fingerprint density at radius 2 is 2.24 bits per heavy atom. The Labute approximate surface area is 103 Å². The molecule has 0 spiro atoms. The van der Waals surface area contributed by atoms with Gasteiger partial charge in [0.15, 0.2) is 0 Å². The number of ether oxygens (including phenoxy) is 1. The van der Waals surface area contributed by atoms with Gasteiger partial charge in [-0.3, -0.25) is 4.98 Å². The molecule has 0 unspecified atom stereocenters. The number of nitrogens with one attached hydrogen (secondary N) is 1. The topological polar surface area (TPSA) is 34.1 Å². The summed E-state index contributed by atoms with van der Waals surface area (Å²) in [5.74, 6) is 0.865. The largest absolute Gasteiger partial charge is 0.497 e. The molecule has 0 atom stereocenters. The summed E-state index contributed by atoms with van der Waals surface area (Å²) < 4.78 is 5.21. The fourth-order valence-corrected chi connectivity index (χ4v) is 1.62. The first-order chi connectivity index (χ1) is 8.29. The van der Waals surface area contributed by atoms with Crippen molar-refractivity contribution in [1.29, 1.82) is 0 Å². The van der Waals surface area contributed by atoms with E-state index in [0.29, 0.717) is 0 Å². The molecule has 0 aliphatic rings. The van der Waals surface area contributed by atoms with Crippen LogP contribution in [0.3, 0.4) is 0 Å². The molecule has 2 aromatic rings. The molecular formula is C14H18N2O. The fourth-order valence-electron chi connectivity index (χ4n) is 1.62. The van der Waals surface area contributed by atoms with Gasteiger partial charge >= 0.3 is 0 Å². The van der Waals surface area contributed by atoms with Crippen LogP contribution in [0.25, 0.3) is 0 Å². The second kappa shape index (κ2) is 5.34. The number of hydrogen-bond donors (Lipinski definition) is 1. The van der Waals surface area contributed by atoms with E-state index < -0.39 is 0 Å². The number of pyridine rings is 1. The molecule has 90 valence electrons. The van der Waals surface area contributed by atoms with Gasteiger partial charge in [-0.25, -0.2) is 0 Å². The van der Waals surface area contributed by atoms with Crippen LogP contribution >= 0.6 is 0 Å². The van der Waals surface area contributed by atoms with E-state index in [0.717, 1.165) is 23.5 Å². The summed E-state index contributed by atoms with van der Waals surface area (Å²) in [5, 5.41) is 3.38. The van der Waals surface area contributed by atoms with Crippen LogP contribution in [-0.4, -0.2) is 12.1 Å². The molecule has 1 aromatic carbocycles. The predicted molar refractivity (Wildman–Crippen MR) is 71.4 cm³/mol. The van der Waals surface area contributed by atoms with Crippen LogP contribution in [0, 0.1) is 6.92 Å². The van der Waals surface area contributed by atoms with Gasteiger partial charge in [-0.05, 0) is 30.2 Å². The molecule has 2 rings (SSSR count). The number of hydrogen-bond acceptors (Lipinski definition) is 3. The van der Waals surface area contributed by atoms with E-state index in [1.165, 1.54) is 5.56 Å². The number of rotatable bonds is 4. The third kappa shape index (κ3) is 2.97. The zero-order valence-corrected chi connectivity index (χ0v) is 10.1. The van der Waals surface area contributed by atoms with Crippen LogP contribution in [0.1, 0.15) is 12.6 Å². The van der Waals surface area contributed by atoms with Crippen molar-refractivity contribution >= 4 is 5.69 Å². The van der Waals surface area contributed by atoms with Crippen molar-refractivity contribution in [3.63, 3.8) is 0 Å². The van der Waals surface area contributed by atoms with Gasteiger partial charge < -0.3 is 10.1 Å². The van der Waals surface area contributed by atoms with Gasteiger partial charge in [-0.2, -0.15) is 0 Å². The first-order valence-corrected chi connectivity index (χ1v) is 5.57. The molecule has 1 heterocycles. The smallest absolute Gasteiger partial charge is 0.120 e. The predicted octanol–water partition coefficient (Wildman–Crippen LogP) is 3.26. The van der Waals surface area contributed by atoms with E-state index in [1.54, 1.807) is 13.3 Å². The Hall–Kier alpha value is -2.03. The molecule has 0 saturated heterocycles. The van der Waals surface area contributed by atoms with Crippen LogP contribution in [0.5, 0.6) is 5.75 Å². The summed E-state index contributed by atoms with van der Waals surface area (Å²) in [5.41, 5.74) is 3.46. The monoisotopic (exact) mass is 230 g/mol. The lowest BCUT2D eigenvalue weighted by Crippen LogP contribution is -2.01. The molecule has 0 saturated carbocycles. The zero-order chi connectivity index (χ0) is 12.1. The van der Waals surface area contributed by atoms with Crippen molar-refractivity contribution < 1.29 is 6.16 Å². The second-order valence-electron chi connectivity index (χ2n) is 3.90. The minimum absolute atomic E-state index is 0. The van der Waals surface area contributed by atoms with Crippen molar-refractivity contribution in [3.05, 3.63) is 53.9 Å². The number of methoxy groups -OCH3 is 1. The lowest BCUT2D eigenvalue weighted by atomic mass is 10.2. The number of benzene rings is 1. The fraction of sp³-hybridized carbons (Fsp3) is 0.214. The highest BCUT2D eigenvalue weighted by molar-refractivity contribution is 5.54. The molecule has 0 radical (unpaired) electrons. The second-order valence-corrected chi connectivity index (χ2v) is 3.90. The minimum Gasteiger partial charge on any atom is -0.497 e. The van der Waals surface area contributed by atoms with Crippen LogP contribution < -0.4 is 10.1 Å². The van der Waals surface area contributed by atoms with Crippen LogP contribution in [0.4, 0.5) is 5.69 Å². The number of aryl methyl sites for hydroxylation is 1. The molecule has 0 fully saturated rings. The average Bonchev–Trinajstić information content (AvgIpc) is 2.39. The Bertz CT molecular complexity index is 488. The van der Waals surface area contributed by atoms with Crippen molar-refractivity contribution in [1.82, 2.24) is 4.98 Å². The highest BCUT2D eigenvalue weighted by atomic mass is 16.5. The number of nitrogens with zero attached hydrogens (tertiary/aromatic N) is 1. The molecule has 3 heteroatoms. The Balaban J connectivity index is 0.00000162. The highest BCUT2D eigenvalue weighted by Gasteiger charge is 2.00. The van der Waals surface area contributed by atoms with Gasteiger partial charge in [0.2, 0.25) is 0 Å². The summed E-state index contributed by atoms with van der Waals surface area (Å²) in [6.07, 6.45) is 3.64. The highest BCUT2D eigenvalue weighted by Crippen LogP contribution is 2.22. The third-order valence-corrected chi connectivity index (χ3v) is 2.65. The van der Waals surface area contributed by atoms with E-state index in [-0.39, 0.29) is 1.43 Å². The Kier molecular flexibility index (Phi) is 3.60. The van der Waals surface area contributed by atoms with E-state index in [4.69, 9.17) is 4.74 Å². The molecular weight excluding hydrogens is 212 g/mol. The molecule has 0 aliphatic heterocycles. The molecule has 0 bridgehead atoms. The summed E-state index contributed by atoms with van der Waals surface area (Å²) >= 11 is 0. The zero-order valence-electron chi connectivity index (χ0n) is 10.1. The van der Waals surface area contributed by atoms with Crippen molar-refractivity contribution in [3.8, 4) is 5.75 Å². The average molecular weight is 230 g/mol. The molecule has 3 nitrogen and oxygen atoms in total. The van der Waals surface area contributed by atoms with E-state index >= 15 is 0 Å². The van der Waals surface area contributed by atoms with Crippen molar-refractivity contribution in [2.75, 3.05) is 12.4 Å². The molecule has 1 N–H and O–H groups in total. The van der Waals surface area contributed by atoms with E-state index in [9.17, 15) is 0 Å². The van der Waals surface area contributed by atoms with Gasteiger partial charge in [0.05, 0.1) is 7.11 Å². The van der Waals surface area contributed by atoms with Crippen molar-refractivity contribution in [2.24, 2.45) is 0 Å². The standard InChI is InChI=1S/C14H16N2O.H2/c1-11-5-6-13(17-2)8-14(11)16-10-12-4-3-7-15-9-12;/h3-9,16H,10H2,1-2H3;1H. The third-order valence-electron chi connectivity index (χ3n) is 2.65. The maximum absolute atomic E-state index is 5.21. The summed E-state index contributed by atoms with van der Waals surface area (Å²) in [6.45, 7) is 2.84. The quantitative estimate of drug-likeness (QED) is 0.875. The number of anilines is 1. The summed E-state index contributed by atoms with van der Waals surface area (Å²) in [7, 11) is 1.68. The lowest BCUT2D eigenvalue weighted by Gasteiger charge is -2.11. The van der Waals surface area contributed by atoms with E-state index in [2.05, 4.69) is 23.3 Å².